The molecule has 1 aliphatic rings. The topological polar surface area (TPSA) is 77.4 Å². The van der Waals surface area contributed by atoms with Gasteiger partial charge in [-0.1, -0.05) is 91.0 Å². The van der Waals surface area contributed by atoms with E-state index in [1.807, 2.05) is 91.0 Å². The molecule has 6 nitrogen and oxygen atoms in total. The van der Waals surface area contributed by atoms with Crippen molar-refractivity contribution in [1.29, 1.82) is 0 Å². The monoisotopic (exact) mass is 450 g/mol. The molecule has 33 heavy (non-hydrogen) atoms. The maximum Gasteiger partial charge on any atom is 0.184 e. The highest BCUT2D eigenvalue weighted by Gasteiger charge is 2.47. The Kier molecular flexibility index (Phi) is 8.60. The van der Waals surface area contributed by atoms with Gasteiger partial charge in [-0.25, -0.2) is 0 Å². The summed E-state index contributed by atoms with van der Waals surface area (Å²) in [5, 5.41) is 20.7. The van der Waals surface area contributed by atoms with Gasteiger partial charge in [0.1, 0.15) is 24.4 Å². The number of aliphatic hydroxyl groups is 2. The van der Waals surface area contributed by atoms with Gasteiger partial charge >= 0.3 is 0 Å². The Morgan fingerprint density at radius 1 is 0.576 bits per heavy atom. The molecular formula is C27H30O6. The molecule has 5 atom stereocenters. The molecule has 1 heterocycles. The van der Waals surface area contributed by atoms with Crippen LogP contribution in [-0.4, -0.2) is 47.5 Å². The highest BCUT2D eigenvalue weighted by molar-refractivity contribution is 5.15. The van der Waals surface area contributed by atoms with Gasteiger partial charge in [0.25, 0.3) is 0 Å². The molecule has 3 aromatic carbocycles. The number of benzene rings is 3. The summed E-state index contributed by atoms with van der Waals surface area (Å²) in [4.78, 5) is 0. The van der Waals surface area contributed by atoms with Gasteiger partial charge in [0, 0.05) is 0 Å². The summed E-state index contributed by atoms with van der Waals surface area (Å²) in [6, 6.07) is 29.3. The largest absolute Gasteiger partial charge is 0.394 e. The molecular weight excluding hydrogens is 420 g/mol. The summed E-state index contributed by atoms with van der Waals surface area (Å²) < 4.78 is 24.3. The Bertz CT molecular complexity index is 937. The summed E-state index contributed by atoms with van der Waals surface area (Å²) in [6.45, 7) is 0.601. The molecule has 0 saturated carbocycles. The fraction of sp³-hybridized carbons (Fsp3) is 0.333. The number of hydrogen-bond acceptors (Lipinski definition) is 6. The van der Waals surface area contributed by atoms with Crippen molar-refractivity contribution < 1.29 is 29.2 Å². The normalized spacial score (nSPS) is 25.1. The first kappa shape index (κ1) is 23.6. The third-order valence-corrected chi connectivity index (χ3v) is 5.65. The summed E-state index contributed by atoms with van der Waals surface area (Å²) >= 11 is 0. The summed E-state index contributed by atoms with van der Waals surface area (Å²) in [5.41, 5.74) is 2.95. The van der Waals surface area contributed by atoms with Crippen LogP contribution in [0.3, 0.4) is 0 Å². The van der Waals surface area contributed by atoms with Gasteiger partial charge in [0.15, 0.2) is 6.29 Å². The van der Waals surface area contributed by atoms with Crippen LogP contribution in [0.2, 0.25) is 0 Å². The first-order valence-electron chi connectivity index (χ1n) is 11.2. The fourth-order valence-corrected chi connectivity index (χ4v) is 3.91. The summed E-state index contributed by atoms with van der Waals surface area (Å²) in [7, 11) is 0. The zero-order valence-corrected chi connectivity index (χ0v) is 18.4. The molecule has 4 unspecified atom stereocenters. The van der Waals surface area contributed by atoms with Crippen molar-refractivity contribution >= 4 is 0 Å². The SMILES string of the molecule is OCC1OC(O)C(OCc2ccccc2)C(OCc2ccccc2)[C@@H]1OCc1ccccc1. The van der Waals surface area contributed by atoms with Crippen LogP contribution in [0.5, 0.6) is 0 Å². The number of aliphatic hydroxyl groups excluding tert-OH is 2. The molecule has 6 heteroatoms. The van der Waals surface area contributed by atoms with Gasteiger partial charge in [-0.2, -0.15) is 0 Å². The quantitative estimate of drug-likeness (QED) is 0.493. The van der Waals surface area contributed by atoms with E-state index in [1.165, 1.54) is 0 Å². The van der Waals surface area contributed by atoms with Gasteiger partial charge in [0.05, 0.1) is 26.4 Å². The van der Waals surface area contributed by atoms with Crippen molar-refractivity contribution in [3.05, 3.63) is 108 Å². The zero-order chi connectivity index (χ0) is 22.9. The van der Waals surface area contributed by atoms with Crippen LogP contribution in [0.1, 0.15) is 16.7 Å². The Balaban J connectivity index is 1.53. The van der Waals surface area contributed by atoms with Crippen molar-refractivity contribution in [1.82, 2.24) is 0 Å². The molecule has 4 rings (SSSR count). The van der Waals surface area contributed by atoms with Crippen molar-refractivity contribution in [3.8, 4) is 0 Å². The smallest absolute Gasteiger partial charge is 0.184 e. The average molecular weight is 451 g/mol. The maximum atomic E-state index is 10.7. The predicted molar refractivity (Wildman–Crippen MR) is 123 cm³/mol. The van der Waals surface area contributed by atoms with Crippen molar-refractivity contribution in [2.75, 3.05) is 6.61 Å². The maximum absolute atomic E-state index is 10.7. The lowest BCUT2D eigenvalue weighted by Gasteiger charge is -2.44. The van der Waals surface area contributed by atoms with Crippen molar-refractivity contribution in [2.45, 2.75) is 50.5 Å². The first-order chi connectivity index (χ1) is 16.2. The molecule has 0 radical (unpaired) electrons. The molecule has 3 aromatic rings. The van der Waals surface area contributed by atoms with E-state index in [9.17, 15) is 10.2 Å². The molecule has 0 amide bonds. The number of rotatable bonds is 10. The van der Waals surface area contributed by atoms with Crippen molar-refractivity contribution in [2.24, 2.45) is 0 Å². The second-order valence-corrected chi connectivity index (χ2v) is 8.03. The minimum Gasteiger partial charge on any atom is -0.394 e. The molecule has 1 aliphatic heterocycles. The molecule has 0 aliphatic carbocycles. The zero-order valence-electron chi connectivity index (χ0n) is 18.4. The van der Waals surface area contributed by atoms with E-state index in [-0.39, 0.29) is 13.2 Å². The second kappa shape index (κ2) is 12.0. The van der Waals surface area contributed by atoms with Crippen molar-refractivity contribution in [3.63, 3.8) is 0 Å². The Labute approximate surface area is 194 Å². The second-order valence-electron chi connectivity index (χ2n) is 8.03. The van der Waals surface area contributed by atoms with Crippen LogP contribution in [0.15, 0.2) is 91.0 Å². The van der Waals surface area contributed by atoms with Gasteiger partial charge in [0.2, 0.25) is 0 Å². The Morgan fingerprint density at radius 3 is 1.39 bits per heavy atom. The molecule has 1 fully saturated rings. The van der Waals surface area contributed by atoms with Gasteiger partial charge in [-0.05, 0) is 16.7 Å². The van der Waals surface area contributed by atoms with E-state index in [4.69, 9.17) is 18.9 Å². The Morgan fingerprint density at radius 2 is 0.970 bits per heavy atom. The lowest BCUT2D eigenvalue weighted by atomic mass is 9.98. The summed E-state index contributed by atoms with van der Waals surface area (Å²) in [5.74, 6) is 0. The van der Waals surface area contributed by atoms with Crippen LogP contribution < -0.4 is 0 Å². The minimum atomic E-state index is -1.26. The summed E-state index contributed by atoms with van der Waals surface area (Å²) in [6.07, 6.45) is -4.09. The number of ether oxygens (including phenoxy) is 4. The van der Waals surface area contributed by atoms with Gasteiger partial charge in [-0.3, -0.25) is 0 Å². The van der Waals surface area contributed by atoms with Gasteiger partial charge < -0.3 is 29.2 Å². The lowest BCUT2D eigenvalue weighted by Crippen LogP contribution is -2.61. The Hall–Kier alpha value is -2.58. The van der Waals surface area contributed by atoms with E-state index in [0.717, 1.165) is 16.7 Å². The van der Waals surface area contributed by atoms with Crippen LogP contribution in [0, 0.1) is 0 Å². The van der Waals surface area contributed by atoms with E-state index in [2.05, 4.69) is 0 Å². The molecule has 2 N–H and O–H groups in total. The lowest BCUT2D eigenvalue weighted by molar-refractivity contribution is -0.315. The standard InChI is InChI=1S/C27H30O6/c28-16-23-24(30-17-20-10-4-1-5-11-20)25(31-18-21-12-6-2-7-13-21)26(27(29)33-23)32-19-22-14-8-3-9-15-22/h1-15,23-29H,16-19H2/t23?,24-,25?,26?,27?/m1/s1. The van der Waals surface area contributed by atoms with Gasteiger partial charge in [-0.15, -0.1) is 0 Å². The van der Waals surface area contributed by atoms with E-state index in [0.29, 0.717) is 13.2 Å². The van der Waals surface area contributed by atoms with Crippen LogP contribution in [0.25, 0.3) is 0 Å². The third kappa shape index (κ3) is 6.48. The van der Waals surface area contributed by atoms with E-state index < -0.39 is 30.7 Å². The number of hydrogen-bond donors (Lipinski definition) is 2. The fourth-order valence-electron chi connectivity index (χ4n) is 3.91. The molecule has 0 spiro atoms. The molecule has 1 saturated heterocycles. The molecule has 174 valence electrons. The van der Waals surface area contributed by atoms with Crippen LogP contribution in [0.4, 0.5) is 0 Å². The predicted octanol–water partition coefficient (Wildman–Crippen LogP) is 3.45. The van der Waals surface area contributed by atoms with Crippen LogP contribution >= 0.6 is 0 Å². The van der Waals surface area contributed by atoms with E-state index >= 15 is 0 Å². The average Bonchev–Trinajstić information content (AvgIpc) is 2.87. The van der Waals surface area contributed by atoms with Crippen LogP contribution in [-0.2, 0) is 38.8 Å². The highest BCUT2D eigenvalue weighted by atomic mass is 16.7. The highest BCUT2D eigenvalue weighted by Crippen LogP contribution is 2.29. The minimum absolute atomic E-state index is 0.284. The molecule has 0 bridgehead atoms. The third-order valence-electron chi connectivity index (χ3n) is 5.65. The van der Waals surface area contributed by atoms with E-state index in [1.54, 1.807) is 0 Å². The molecule has 0 aromatic heterocycles. The first-order valence-corrected chi connectivity index (χ1v) is 11.2.